The number of alkyl halides is 3. The molecule has 3 rings (SSSR count). The van der Waals surface area contributed by atoms with E-state index >= 15 is 0 Å². The molecule has 0 atom stereocenters. The first-order valence-corrected chi connectivity index (χ1v) is 7.94. The number of hydrogen-bond donors (Lipinski definition) is 1. The third-order valence-corrected chi connectivity index (χ3v) is 4.44. The number of carbonyl (C=O) groups is 1. The molecule has 0 radical (unpaired) electrons. The molecular weight excluding hydrogens is 373 g/mol. The van der Waals surface area contributed by atoms with Crippen LogP contribution in [0.25, 0.3) is 10.1 Å². The molecule has 0 spiro atoms. The lowest BCUT2D eigenvalue weighted by atomic mass is 10.1. The molecule has 3 aromatic rings. The highest BCUT2D eigenvalue weighted by molar-refractivity contribution is 7.17. The highest BCUT2D eigenvalue weighted by atomic mass is 32.1. The van der Waals surface area contributed by atoms with Crippen molar-refractivity contribution in [2.75, 3.05) is 5.48 Å². The summed E-state index contributed by atoms with van der Waals surface area (Å²) >= 11 is 1.31. The molecule has 1 aromatic heterocycles. The summed E-state index contributed by atoms with van der Waals surface area (Å²) in [6.07, 6.45) is -4.73. The second-order valence-corrected chi connectivity index (χ2v) is 6.04. The van der Waals surface area contributed by atoms with E-state index in [0.29, 0.717) is 17.5 Å². The maximum atomic E-state index is 12.7. The van der Waals surface area contributed by atoms with Crippen LogP contribution in [-0.2, 0) is 11.0 Å². The molecule has 0 fully saturated rings. The molecule has 0 unspecified atom stereocenters. The summed E-state index contributed by atoms with van der Waals surface area (Å²) in [5.41, 5.74) is -0.0842. The van der Waals surface area contributed by atoms with E-state index in [1.165, 1.54) is 11.3 Å². The quantitative estimate of drug-likeness (QED) is 0.507. The van der Waals surface area contributed by atoms with E-state index < -0.39 is 28.3 Å². The van der Waals surface area contributed by atoms with Crippen LogP contribution in [-0.4, -0.2) is 10.9 Å². The summed E-state index contributed by atoms with van der Waals surface area (Å²) in [4.78, 5) is 27.0. The molecule has 0 saturated heterocycles. The zero-order chi connectivity index (χ0) is 18.9. The lowest BCUT2D eigenvalue weighted by Crippen LogP contribution is -2.12. The fraction of sp³-hybridized carbons (Fsp3) is 0.0625. The van der Waals surface area contributed by atoms with Crippen LogP contribution < -0.4 is 5.48 Å². The van der Waals surface area contributed by atoms with Crippen molar-refractivity contribution in [3.05, 3.63) is 69.1 Å². The Labute approximate surface area is 147 Å². The van der Waals surface area contributed by atoms with Crippen LogP contribution in [0.4, 0.5) is 24.5 Å². The molecule has 134 valence electrons. The lowest BCUT2D eigenvalue weighted by molar-refractivity contribution is -0.384. The van der Waals surface area contributed by atoms with E-state index in [1.54, 1.807) is 23.6 Å². The molecular formula is C16H9F3N2O4S. The maximum Gasteiger partial charge on any atom is 0.416 e. The number of fused-ring (bicyclic) bond motifs is 1. The summed E-state index contributed by atoms with van der Waals surface area (Å²) in [5.74, 6) is -0.809. The minimum absolute atomic E-state index is 0.243. The van der Waals surface area contributed by atoms with Gasteiger partial charge >= 0.3 is 12.1 Å². The lowest BCUT2D eigenvalue weighted by Gasteiger charge is -2.10. The fourth-order valence-corrected chi connectivity index (χ4v) is 3.17. The van der Waals surface area contributed by atoms with Gasteiger partial charge in [0.25, 0.3) is 5.69 Å². The molecule has 0 amide bonds. The predicted octanol–water partition coefficient (Wildman–Crippen LogP) is 5.01. The van der Waals surface area contributed by atoms with E-state index in [-0.39, 0.29) is 11.3 Å². The molecule has 10 heteroatoms. The highest BCUT2D eigenvalue weighted by Crippen LogP contribution is 2.35. The van der Waals surface area contributed by atoms with Crippen molar-refractivity contribution in [2.45, 2.75) is 6.18 Å². The Balaban J connectivity index is 1.83. The first-order chi connectivity index (χ1) is 12.3. The van der Waals surface area contributed by atoms with Crippen LogP contribution in [0.15, 0.2) is 47.8 Å². The van der Waals surface area contributed by atoms with Gasteiger partial charge in [0.15, 0.2) is 0 Å². The average Bonchev–Trinajstić information content (AvgIpc) is 3.02. The average molecular weight is 382 g/mol. The van der Waals surface area contributed by atoms with Gasteiger partial charge in [0.2, 0.25) is 0 Å². The number of halogens is 3. The van der Waals surface area contributed by atoms with Gasteiger partial charge in [0, 0.05) is 21.5 Å². The van der Waals surface area contributed by atoms with E-state index in [9.17, 15) is 28.1 Å². The highest BCUT2D eigenvalue weighted by Gasteiger charge is 2.33. The molecule has 0 saturated carbocycles. The minimum atomic E-state index is -4.73. The van der Waals surface area contributed by atoms with Gasteiger partial charge in [0.05, 0.1) is 16.1 Å². The molecule has 1 N–H and O–H groups in total. The summed E-state index contributed by atoms with van der Waals surface area (Å²) < 4.78 is 38.9. The van der Waals surface area contributed by atoms with Crippen LogP contribution in [0.1, 0.15) is 15.9 Å². The van der Waals surface area contributed by atoms with Crippen molar-refractivity contribution in [2.24, 2.45) is 0 Å². The van der Waals surface area contributed by atoms with Crippen molar-refractivity contribution in [3.8, 4) is 0 Å². The SMILES string of the molecule is O=C(ONc1ccc(C(F)(F)F)cc1[N+](=O)[O-])c1csc2ccccc12. The maximum absolute atomic E-state index is 12.7. The van der Waals surface area contributed by atoms with Gasteiger partial charge in [-0.05, 0) is 18.2 Å². The van der Waals surface area contributed by atoms with Gasteiger partial charge in [-0.25, -0.2) is 10.3 Å². The van der Waals surface area contributed by atoms with Gasteiger partial charge < -0.3 is 4.84 Å². The monoisotopic (exact) mass is 382 g/mol. The van der Waals surface area contributed by atoms with E-state index in [2.05, 4.69) is 5.48 Å². The van der Waals surface area contributed by atoms with Crippen molar-refractivity contribution >= 4 is 38.8 Å². The van der Waals surface area contributed by atoms with Crippen LogP contribution in [0.5, 0.6) is 0 Å². The Bertz CT molecular complexity index is 1000. The smallest absolute Gasteiger partial charge is 0.338 e. The molecule has 1 heterocycles. The molecule has 2 aromatic carbocycles. The number of nitro benzene ring substituents is 1. The van der Waals surface area contributed by atoms with Crippen molar-refractivity contribution in [1.82, 2.24) is 0 Å². The van der Waals surface area contributed by atoms with Gasteiger partial charge in [-0.3, -0.25) is 10.1 Å². The summed E-state index contributed by atoms with van der Waals surface area (Å²) in [5, 5.41) is 13.2. The molecule has 26 heavy (non-hydrogen) atoms. The third kappa shape index (κ3) is 3.45. The number of benzene rings is 2. The molecule has 0 aliphatic heterocycles. The fourth-order valence-electron chi connectivity index (χ4n) is 2.24. The van der Waals surface area contributed by atoms with Crippen molar-refractivity contribution in [1.29, 1.82) is 0 Å². The third-order valence-electron chi connectivity index (χ3n) is 3.48. The van der Waals surface area contributed by atoms with Gasteiger partial charge in [0.1, 0.15) is 5.69 Å². The second-order valence-electron chi connectivity index (χ2n) is 5.12. The molecule has 0 bridgehead atoms. The first-order valence-electron chi connectivity index (χ1n) is 7.06. The Kier molecular flexibility index (Phi) is 4.51. The van der Waals surface area contributed by atoms with Crippen LogP contribution in [0.3, 0.4) is 0 Å². The second kappa shape index (κ2) is 6.64. The van der Waals surface area contributed by atoms with Crippen molar-refractivity contribution in [3.63, 3.8) is 0 Å². The van der Waals surface area contributed by atoms with E-state index in [4.69, 9.17) is 4.84 Å². The number of rotatable bonds is 4. The summed E-state index contributed by atoms with van der Waals surface area (Å²) in [6, 6.07) is 8.92. The molecule has 0 aliphatic carbocycles. The Morgan fingerprint density at radius 1 is 1.19 bits per heavy atom. The number of carbonyl (C=O) groups excluding carboxylic acids is 1. The first kappa shape index (κ1) is 17.7. The zero-order valence-electron chi connectivity index (χ0n) is 12.7. The van der Waals surface area contributed by atoms with Gasteiger partial charge in [-0.15, -0.1) is 11.3 Å². The predicted molar refractivity (Wildman–Crippen MR) is 89.0 cm³/mol. The van der Waals surface area contributed by atoms with Gasteiger partial charge in [-0.2, -0.15) is 13.2 Å². The summed E-state index contributed by atoms with van der Waals surface area (Å²) in [7, 11) is 0. The van der Waals surface area contributed by atoms with Crippen LogP contribution in [0.2, 0.25) is 0 Å². The van der Waals surface area contributed by atoms with Crippen LogP contribution in [0, 0.1) is 10.1 Å². The Morgan fingerprint density at radius 2 is 1.92 bits per heavy atom. The molecule has 6 nitrogen and oxygen atoms in total. The van der Waals surface area contributed by atoms with E-state index in [1.807, 2.05) is 6.07 Å². The zero-order valence-corrected chi connectivity index (χ0v) is 13.6. The van der Waals surface area contributed by atoms with E-state index in [0.717, 1.165) is 10.8 Å². The number of hydrogen-bond acceptors (Lipinski definition) is 6. The van der Waals surface area contributed by atoms with Gasteiger partial charge in [-0.1, -0.05) is 18.2 Å². The number of thiophene rings is 1. The number of nitrogens with zero attached hydrogens (tertiary/aromatic N) is 1. The normalized spacial score (nSPS) is 11.3. The standard InChI is InChI=1S/C16H9F3N2O4S/c17-16(18,19)9-5-6-12(13(7-9)21(23)24)20-25-15(22)11-8-26-14-4-2-1-3-10(11)14/h1-8,20H. The largest absolute Gasteiger partial charge is 0.416 e. The summed E-state index contributed by atoms with van der Waals surface area (Å²) in [6.45, 7) is 0. The molecule has 0 aliphatic rings. The Hall–Kier alpha value is -3.14. The van der Waals surface area contributed by atoms with Crippen molar-refractivity contribution < 1.29 is 27.7 Å². The van der Waals surface area contributed by atoms with Crippen LogP contribution >= 0.6 is 11.3 Å². The number of anilines is 1. The Morgan fingerprint density at radius 3 is 2.62 bits per heavy atom. The minimum Gasteiger partial charge on any atom is -0.338 e. The number of nitrogens with one attached hydrogen (secondary N) is 1. The topological polar surface area (TPSA) is 81.5 Å². The number of nitro groups is 1.